The predicted molar refractivity (Wildman–Crippen MR) is 63.7 cm³/mol. The van der Waals surface area contributed by atoms with Gasteiger partial charge in [-0.05, 0) is 34.1 Å². The number of hydrogen-bond acceptors (Lipinski definition) is 2. The van der Waals surface area contributed by atoms with Gasteiger partial charge in [-0.1, -0.05) is 11.6 Å². The number of nitrogens with zero attached hydrogens (tertiary/aromatic N) is 1. The van der Waals surface area contributed by atoms with Crippen molar-refractivity contribution in [3.8, 4) is 11.3 Å². The number of aromatic carboxylic acids is 1. The molecule has 0 aliphatic rings. The summed E-state index contributed by atoms with van der Waals surface area (Å²) in [6, 6.07) is 4.07. The Morgan fingerprint density at radius 1 is 1.47 bits per heavy atom. The minimum Gasteiger partial charge on any atom is -0.477 e. The van der Waals surface area contributed by atoms with Crippen LogP contribution in [0.4, 0.5) is 4.39 Å². The molecule has 1 aromatic carbocycles. The van der Waals surface area contributed by atoms with Gasteiger partial charge in [-0.2, -0.15) is 5.10 Å². The maximum Gasteiger partial charge on any atom is 0.353 e. The van der Waals surface area contributed by atoms with Crippen LogP contribution in [-0.2, 0) is 0 Å². The van der Waals surface area contributed by atoms with Gasteiger partial charge in [-0.3, -0.25) is 5.10 Å². The van der Waals surface area contributed by atoms with Crippen molar-refractivity contribution in [2.45, 2.75) is 0 Å². The van der Waals surface area contributed by atoms with Crippen LogP contribution in [0.1, 0.15) is 10.5 Å². The van der Waals surface area contributed by atoms with Gasteiger partial charge < -0.3 is 5.11 Å². The SMILES string of the molecule is O=C(O)c1cc(-c2cc(F)c(Cl)c(Br)c2)n[nH]1. The molecule has 0 unspecified atom stereocenters. The van der Waals surface area contributed by atoms with Gasteiger partial charge in [0.05, 0.1) is 10.7 Å². The Hall–Kier alpha value is -1.40. The summed E-state index contributed by atoms with van der Waals surface area (Å²) in [6.07, 6.45) is 0. The number of nitrogens with one attached hydrogen (secondary N) is 1. The van der Waals surface area contributed by atoms with Crippen molar-refractivity contribution in [3.63, 3.8) is 0 Å². The van der Waals surface area contributed by atoms with E-state index in [4.69, 9.17) is 16.7 Å². The van der Waals surface area contributed by atoms with Crippen molar-refractivity contribution in [2.24, 2.45) is 0 Å². The molecule has 0 aliphatic heterocycles. The highest BCUT2D eigenvalue weighted by Crippen LogP contribution is 2.30. The average Bonchev–Trinajstić information content (AvgIpc) is 2.74. The van der Waals surface area contributed by atoms with Crippen molar-refractivity contribution in [1.82, 2.24) is 10.2 Å². The second-order valence-electron chi connectivity index (χ2n) is 3.23. The summed E-state index contributed by atoms with van der Waals surface area (Å²) in [5.41, 5.74) is 0.702. The first kappa shape index (κ1) is 12.1. The Morgan fingerprint density at radius 2 is 2.18 bits per heavy atom. The fourth-order valence-electron chi connectivity index (χ4n) is 1.28. The lowest BCUT2D eigenvalue weighted by Crippen LogP contribution is -1.95. The molecule has 88 valence electrons. The third-order valence-corrected chi connectivity index (χ3v) is 3.33. The molecule has 0 radical (unpaired) electrons. The maximum atomic E-state index is 13.4. The molecule has 0 aliphatic carbocycles. The van der Waals surface area contributed by atoms with E-state index < -0.39 is 11.8 Å². The largest absolute Gasteiger partial charge is 0.477 e. The maximum absolute atomic E-state index is 13.4. The first-order valence-electron chi connectivity index (χ1n) is 4.42. The summed E-state index contributed by atoms with van der Waals surface area (Å²) in [4.78, 5) is 10.7. The van der Waals surface area contributed by atoms with Crippen LogP contribution in [0.25, 0.3) is 11.3 Å². The molecule has 7 heteroatoms. The van der Waals surface area contributed by atoms with E-state index in [-0.39, 0.29) is 10.7 Å². The van der Waals surface area contributed by atoms with Gasteiger partial charge in [0.25, 0.3) is 0 Å². The number of aromatic nitrogens is 2. The van der Waals surface area contributed by atoms with E-state index in [1.54, 1.807) is 6.07 Å². The molecular weight excluding hydrogens is 314 g/mol. The molecule has 0 saturated carbocycles. The van der Waals surface area contributed by atoms with Crippen molar-refractivity contribution in [1.29, 1.82) is 0 Å². The number of carboxylic acid groups (broad SMARTS) is 1. The van der Waals surface area contributed by atoms with Gasteiger partial charge in [0.15, 0.2) is 0 Å². The molecule has 0 saturated heterocycles. The molecule has 0 bridgehead atoms. The van der Waals surface area contributed by atoms with Crippen LogP contribution in [0.3, 0.4) is 0 Å². The van der Waals surface area contributed by atoms with E-state index in [2.05, 4.69) is 26.1 Å². The summed E-state index contributed by atoms with van der Waals surface area (Å²) in [7, 11) is 0. The van der Waals surface area contributed by atoms with Crippen LogP contribution in [-0.4, -0.2) is 21.3 Å². The molecule has 0 spiro atoms. The Morgan fingerprint density at radius 3 is 2.71 bits per heavy atom. The topological polar surface area (TPSA) is 66.0 Å². The summed E-state index contributed by atoms with van der Waals surface area (Å²) in [5, 5.41) is 14.8. The number of carboxylic acids is 1. The molecule has 1 heterocycles. The van der Waals surface area contributed by atoms with Crippen LogP contribution in [0.2, 0.25) is 5.02 Å². The van der Waals surface area contributed by atoms with E-state index in [0.29, 0.717) is 15.7 Å². The van der Waals surface area contributed by atoms with E-state index in [1.807, 2.05) is 0 Å². The molecule has 0 amide bonds. The van der Waals surface area contributed by atoms with E-state index in [9.17, 15) is 9.18 Å². The number of halogens is 3. The highest BCUT2D eigenvalue weighted by Gasteiger charge is 2.13. The molecule has 2 aromatic rings. The minimum atomic E-state index is -1.13. The van der Waals surface area contributed by atoms with Crippen LogP contribution in [0.5, 0.6) is 0 Å². The normalized spacial score (nSPS) is 10.5. The fourth-order valence-corrected chi connectivity index (χ4v) is 1.83. The van der Waals surface area contributed by atoms with E-state index in [0.717, 1.165) is 0 Å². The Balaban J connectivity index is 2.49. The zero-order valence-corrected chi connectivity index (χ0v) is 10.5. The third kappa shape index (κ3) is 2.32. The van der Waals surface area contributed by atoms with Gasteiger partial charge in [0.2, 0.25) is 0 Å². The monoisotopic (exact) mass is 318 g/mol. The first-order valence-corrected chi connectivity index (χ1v) is 5.59. The second kappa shape index (κ2) is 4.46. The molecular formula is C10H5BrClFN2O2. The average molecular weight is 320 g/mol. The quantitative estimate of drug-likeness (QED) is 0.834. The van der Waals surface area contributed by atoms with E-state index >= 15 is 0 Å². The lowest BCUT2D eigenvalue weighted by atomic mass is 10.1. The van der Waals surface area contributed by atoms with Crippen molar-refractivity contribution >= 4 is 33.5 Å². The number of H-pyrrole nitrogens is 1. The van der Waals surface area contributed by atoms with Gasteiger partial charge in [0, 0.05) is 10.0 Å². The van der Waals surface area contributed by atoms with Crippen LogP contribution in [0.15, 0.2) is 22.7 Å². The molecule has 2 rings (SSSR count). The molecule has 1 aromatic heterocycles. The summed E-state index contributed by atoms with van der Waals surface area (Å²) < 4.78 is 13.8. The van der Waals surface area contributed by atoms with Gasteiger partial charge in [-0.15, -0.1) is 0 Å². The second-order valence-corrected chi connectivity index (χ2v) is 4.46. The Labute approximate surface area is 109 Å². The van der Waals surface area contributed by atoms with Crippen LogP contribution >= 0.6 is 27.5 Å². The molecule has 17 heavy (non-hydrogen) atoms. The van der Waals surface area contributed by atoms with Crippen molar-refractivity contribution < 1.29 is 14.3 Å². The van der Waals surface area contributed by atoms with Crippen molar-refractivity contribution in [3.05, 3.63) is 39.2 Å². The third-order valence-electron chi connectivity index (χ3n) is 2.09. The number of hydrogen-bond donors (Lipinski definition) is 2. The first-order chi connectivity index (χ1) is 7.99. The summed E-state index contributed by atoms with van der Waals surface area (Å²) >= 11 is 8.75. The van der Waals surface area contributed by atoms with E-state index in [1.165, 1.54) is 12.1 Å². The molecule has 0 fully saturated rings. The minimum absolute atomic E-state index is 0.0252. The summed E-state index contributed by atoms with van der Waals surface area (Å²) in [6.45, 7) is 0. The standard InChI is InChI=1S/C10H5BrClFN2O2/c11-5-1-4(2-6(13)9(5)12)7-3-8(10(16)17)15-14-7/h1-3H,(H,14,15)(H,16,17). The zero-order chi connectivity index (χ0) is 12.6. The number of rotatable bonds is 2. The Bertz CT molecular complexity index is 577. The van der Waals surface area contributed by atoms with Crippen LogP contribution < -0.4 is 0 Å². The Kier molecular flexibility index (Phi) is 3.17. The number of carbonyl (C=O) groups is 1. The number of benzene rings is 1. The zero-order valence-electron chi connectivity index (χ0n) is 8.17. The molecule has 4 nitrogen and oxygen atoms in total. The summed E-state index contributed by atoms with van der Waals surface area (Å²) in [5.74, 6) is -1.73. The lowest BCUT2D eigenvalue weighted by molar-refractivity contribution is 0.0690. The highest BCUT2D eigenvalue weighted by molar-refractivity contribution is 9.10. The van der Waals surface area contributed by atoms with Crippen LogP contribution in [0, 0.1) is 5.82 Å². The fraction of sp³-hybridized carbons (Fsp3) is 0. The molecule has 0 atom stereocenters. The lowest BCUT2D eigenvalue weighted by Gasteiger charge is -2.01. The van der Waals surface area contributed by atoms with Gasteiger partial charge in [0.1, 0.15) is 11.5 Å². The smallest absolute Gasteiger partial charge is 0.353 e. The molecule has 2 N–H and O–H groups in total. The predicted octanol–water partition coefficient (Wildman–Crippen LogP) is 3.33. The highest BCUT2D eigenvalue weighted by atomic mass is 79.9. The van der Waals surface area contributed by atoms with Gasteiger partial charge >= 0.3 is 5.97 Å². The van der Waals surface area contributed by atoms with Gasteiger partial charge in [-0.25, -0.2) is 9.18 Å². The van der Waals surface area contributed by atoms with Crippen molar-refractivity contribution in [2.75, 3.05) is 0 Å². The number of aromatic amines is 1.